The van der Waals surface area contributed by atoms with Crippen LogP contribution in [0.2, 0.25) is 0 Å². The molecule has 0 saturated carbocycles. The predicted octanol–water partition coefficient (Wildman–Crippen LogP) is 0.487. The largest absolute Gasteiger partial charge is 0.346 e. The summed E-state index contributed by atoms with van der Waals surface area (Å²) >= 11 is 0. The van der Waals surface area contributed by atoms with Crippen molar-refractivity contribution in [1.82, 2.24) is 20.1 Å². The molecule has 9 heteroatoms. The van der Waals surface area contributed by atoms with Gasteiger partial charge in [-0.05, 0) is 30.8 Å². The fourth-order valence-electron chi connectivity index (χ4n) is 3.16. The van der Waals surface area contributed by atoms with Gasteiger partial charge in [0.2, 0.25) is 0 Å². The minimum atomic E-state index is -3.79. The number of sulfone groups is 1. The number of carbonyl (C=O) groups excluding carboxylic acids is 2. The summed E-state index contributed by atoms with van der Waals surface area (Å²) in [4.78, 5) is 32.5. The number of pyridine rings is 1. The Morgan fingerprint density at radius 1 is 1.07 bits per heavy atom. The Balaban J connectivity index is 1.76. The van der Waals surface area contributed by atoms with Crippen LogP contribution >= 0.6 is 0 Å². The van der Waals surface area contributed by atoms with Crippen LogP contribution in [0.5, 0.6) is 0 Å². The first-order valence-electron chi connectivity index (χ1n) is 9.34. The highest BCUT2D eigenvalue weighted by Crippen LogP contribution is 2.27. The second-order valence-corrected chi connectivity index (χ2v) is 9.07. The molecular formula is C20H24N4O4S. The van der Waals surface area contributed by atoms with Gasteiger partial charge in [-0.3, -0.25) is 14.6 Å². The zero-order valence-corrected chi connectivity index (χ0v) is 17.0. The standard InChI is InChI=1S/C20H24N4O4S/c1-23-10-12-24(13-11-23)20(26)19(25)22-15-18(16-6-5-9-21-14-16)29(27,28)17-7-3-2-4-8-17/h2-9,14,18H,10-13,15H2,1H3,(H,22,25)/t18-/m0/s1. The molecule has 8 nitrogen and oxygen atoms in total. The van der Waals surface area contributed by atoms with E-state index < -0.39 is 26.9 Å². The molecule has 3 rings (SSSR count). The Labute approximate surface area is 170 Å². The van der Waals surface area contributed by atoms with Gasteiger partial charge in [-0.15, -0.1) is 0 Å². The van der Waals surface area contributed by atoms with E-state index in [4.69, 9.17) is 0 Å². The van der Waals surface area contributed by atoms with E-state index in [1.165, 1.54) is 23.2 Å². The Morgan fingerprint density at radius 3 is 2.38 bits per heavy atom. The Bertz CT molecular complexity index is 943. The summed E-state index contributed by atoms with van der Waals surface area (Å²) < 4.78 is 26.3. The van der Waals surface area contributed by atoms with Crippen LogP contribution in [0.3, 0.4) is 0 Å². The van der Waals surface area contributed by atoms with Crippen LogP contribution in [-0.2, 0) is 19.4 Å². The number of piperazine rings is 1. The Kier molecular flexibility index (Phi) is 6.60. The summed E-state index contributed by atoms with van der Waals surface area (Å²) in [7, 11) is -1.84. The first-order valence-corrected chi connectivity index (χ1v) is 10.9. The lowest BCUT2D eigenvalue weighted by molar-refractivity contribution is -0.146. The molecule has 29 heavy (non-hydrogen) atoms. The lowest BCUT2D eigenvalue weighted by Crippen LogP contribution is -2.52. The van der Waals surface area contributed by atoms with Gasteiger partial charge in [-0.25, -0.2) is 8.42 Å². The molecule has 1 atom stereocenters. The van der Waals surface area contributed by atoms with Crippen LogP contribution < -0.4 is 5.32 Å². The van der Waals surface area contributed by atoms with E-state index in [-0.39, 0.29) is 11.4 Å². The van der Waals surface area contributed by atoms with Gasteiger partial charge < -0.3 is 15.1 Å². The molecular weight excluding hydrogens is 392 g/mol. The number of benzene rings is 1. The van der Waals surface area contributed by atoms with Gasteiger partial charge in [0, 0.05) is 45.1 Å². The number of rotatable bonds is 5. The van der Waals surface area contributed by atoms with E-state index in [1.54, 1.807) is 36.5 Å². The van der Waals surface area contributed by atoms with E-state index >= 15 is 0 Å². The van der Waals surface area contributed by atoms with Crippen molar-refractivity contribution in [2.45, 2.75) is 10.1 Å². The van der Waals surface area contributed by atoms with Crippen LogP contribution in [-0.4, -0.2) is 74.8 Å². The second-order valence-electron chi connectivity index (χ2n) is 6.94. The topological polar surface area (TPSA) is 99.7 Å². The average Bonchev–Trinajstić information content (AvgIpc) is 2.75. The molecule has 0 spiro atoms. The maximum atomic E-state index is 13.2. The highest BCUT2D eigenvalue weighted by atomic mass is 32.2. The van der Waals surface area contributed by atoms with E-state index in [2.05, 4.69) is 15.2 Å². The smallest absolute Gasteiger partial charge is 0.311 e. The summed E-state index contributed by atoms with van der Waals surface area (Å²) in [6.07, 6.45) is 3.00. The highest BCUT2D eigenvalue weighted by Gasteiger charge is 2.31. The summed E-state index contributed by atoms with van der Waals surface area (Å²) in [5, 5.41) is 1.46. The summed E-state index contributed by atoms with van der Waals surface area (Å²) in [6, 6.07) is 11.3. The van der Waals surface area contributed by atoms with E-state index in [9.17, 15) is 18.0 Å². The van der Waals surface area contributed by atoms with Crippen molar-refractivity contribution in [1.29, 1.82) is 0 Å². The van der Waals surface area contributed by atoms with Gasteiger partial charge in [-0.1, -0.05) is 24.3 Å². The molecule has 154 valence electrons. The normalized spacial score (nSPS) is 16.2. The molecule has 0 unspecified atom stereocenters. The van der Waals surface area contributed by atoms with E-state index in [1.807, 2.05) is 7.05 Å². The Hall–Kier alpha value is -2.78. The molecule has 2 amide bonds. The third-order valence-electron chi connectivity index (χ3n) is 4.94. The third-order valence-corrected chi connectivity index (χ3v) is 7.05. The second kappa shape index (κ2) is 9.15. The van der Waals surface area contributed by atoms with Crippen LogP contribution in [0.15, 0.2) is 59.8 Å². The number of carbonyl (C=O) groups is 2. The minimum absolute atomic E-state index is 0.147. The Morgan fingerprint density at radius 2 is 1.76 bits per heavy atom. The van der Waals surface area contributed by atoms with Crippen LogP contribution in [0.1, 0.15) is 10.8 Å². The number of aromatic nitrogens is 1. The number of likely N-dealkylation sites (N-methyl/N-ethyl adjacent to an activating group) is 1. The molecule has 0 bridgehead atoms. The maximum absolute atomic E-state index is 13.2. The lowest BCUT2D eigenvalue weighted by Gasteiger charge is -2.32. The average molecular weight is 417 g/mol. The van der Waals surface area contributed by atoms with Crippen molar-refractivity contribution in [2.75, 3.05) is 39.8 Å². The van der Waals surface area contributed by atoms with Gasteiger partial charge in [-0.2, -0.15) is 0 Å². The zero-order valence-electron chi connectivity index (χ0n) is 16.2. The fraction of sp³-hybridized carbons (Fsp3) is 0.350. The monoisotopic (exact) mass is 416 g/mol. The number of hydrogen-bond acceptors (Lipinski definition) is 6. The fourth-order valence-corrected chi connectivity index (χ4v) is 4.83. The van der Waals surface area contributed by atoms with Gasteiger partial charge in [0.15, 0.2) is 9.84 Å². The van der Waals surface area contributed by atoms with Crippen molar-refractivity contribution in [2.24, 2.45) is 0 Å². The number of amides is 2. The van der Waals surface area contributed by atoms with E-state index in [0.29, 0.717) is 31.7 Å². The zero-order chi connectivity index (χ0) is 20.9. The molecule has 2 heterocycles. The maximum Gasteiger partial charge on any atom is 0.311 e. The van der Waals surface area contributed by atoms with Crippen molar-refractivity contribution >= 4 is 21.7 Å². The van der Waals surface area contributed by atoms with Crippen LogP contribution in [0, 0.1) is 0 Å². The van der Waals surface area contributed by atoms with Gasteiger partial charge in [0.05, 0.1) is 4.90 Å². The van der Waals surface area contributed by atoms with Crippen molar-refractivity contribution in [3.05, 3.63) is 60.4 Å². The number of nitrogens with zero attached hydrogens (tertiary/aromatic N) is 3. The molecule has 1 fully saturated rings. The molecule has 1 aliphatic rings. The van der Waals surface area contributed by atoms with Crippen molar-refractivity contribution in [3.63, 3.8) is 0 Å². The molecule has 0 radical (unpaired) electrons. The molecule has 1 saturated heterocycles. The van der Waals surface area contributed by atoms with Crippen molar-refractivity contribution < 1.29 is 18.0 Å². The van der Waals surface area contributed by atoms with Crippen molar-refractivity contribution in [3.8, 4) is 0 Å². The van der Waals surface area contributed by atoms with Crippen LogP contribution in [0.25, 0.3) is 0 Å². The highest BCUT2D eigenvalue weighted by molar-refractivity contribution is 7.91. The summed E-state index contributed by atoms with van der Waals surface area (Å²) in [5.41, 5.74) is 0.448. The van der Waals surface area contributed by atoms with Gasteiger partial charge in [0.25, 0.3) is 0 Å². The van der Waals surface area contributed by atoms with Gasteiger partial charge >= 0.3 is 11.8 Å². The van der Waals surface area contributed by atoms with E-state index in [0.717, 1.165) is 0 Å². The molecule has 1 aromatic heterocycles. The number of hydrogen-bond donors (Lipinski definition) is 1. The number of nitrogens with one attached hydrogen (secondary N) is 1. The lowest BCUT2D eigenvalue weighted by atomic mass is 10.2. The SMILES string of the molecule is CN1CCN(C(=O)C(=O)NC[C@@H](c2cccnc2)S(=O)(=O)c2ccccc2)CC1. The first kappa shape index (κ1) is 20.9. The molecule has 1 aliphatic heterocycles. The summed E-state index contributed by atoms with van der Waals surface area (Å²) in [6.45, 7) is 2.11. The minimum Gasteiger partial charge on any atom is -0.346 e. The molecule has 1 N–H and O–H groups in total. The molecule has 2 aromatic rings. The van der Waals surface area contributed by atoms with Gasteiger partial charge in [0.1, 0.15) is 5.25 Å². The predicted molar refractivity (Wildman–Crippen MR) is 108 cm³/mol. The summed E-state index contributed by atoms with van der Waals surface area (Å²) in [5.74, 6) is -1.44. The van der Waals surface area contributed by atoms with Crippen LogP contribution in [0.4, 0.5) is 0 Å². The first-order chi connectivity index (χ1) is 13.9. The molecule has 1 aromatic carbocycles. The third kappa shape index (κ3) is 4.99. The molecule has 0 aliphatic carbocycles. The quantitative estimate of drug-likeness (QED) is 0.712.